The van der Waals surface area contributed by atoms with Crippen molar-refractivity contribution in [1.29, 1.82) is 0 Å². The number of hydrogen-bond acceptors (Lipinski definition) is 7. The van der Waals surface area contributed by atoms with E-state index in [-0.39, 0.29) is 13.2 Å². The number of methoxy groups -OCH3 is 1. The maximum Gasteiger partial charge on any atom is 0.408 e. The van der Waals surface area contributed by atoms with E-state index in [9.17, 15) is 24.3 Å². The molecular weight excluding hydrogens is 554 g/mol. The van der Waals surface area contributed by atoms with Crippen LogP contribution in [0.1, 0.15) is 29.0 Å². The van der Waals surface area contributed by atoms with E-state index in [1.807, 2.05) is 78.2 Å². The highest BCUT2D eigenvalue weighted by Gasteiger charge is 2.37. The van der Waals surface area contributed by atoms with E-state index in [0.717, 1.165) is 21.6 Å². The van der Waals surface area contributed by atoms with Crippen LogP contribution in [0.4, 0.5) is 15.3 Å². The van der Waals surface area contributed by atoms with Gasteiger partial charge in [0.15, 0.2) is 0 Å². The van der Waals surface area contributed by atoms with E-state index in [4.69, 9.17) is 15.3 Å². The molecule has 12 nitrogen and oxygen atoms in total. The van der Waals surface area contributed by atoms with Crippen LogP contribution in [0.15, 0.2) is 84.9 Å². The molecule has 4 amide bonds. The topological polar surface area (TPSA) is 172 Å². The molecule has 0 spiro atoms. The normalized spacial score (nSPS) is 17.0. The van der Waals surface area contributed by atoms with Crippen molar-refractivity contribution in [3.63, 3.8) is 0 Å². The third kappa shape index (κ3) is 7.87. The molecule has 0 unspecified atom stereocenters. The maximum atomic E-state index is 13.9. The van der Waals surface area contributed by atoms with Gasteiger partial charge in [-0.15, -0.1) is 0 Å². The van der Waals surface area contributed by atoms with Crippen molar-refractivity contribution in [3.8, 4) is 0 Å². The minimum absolute atomic E-state index is 0.0110. The van der Waals surface area contributed by atoms with Crippen LogP contribution in [0.3, 0.4) is 0 Å². The molecule has 0 aromatic heterocycles. The second-order valence-corrected chi connectivity index (χ2v) is 10.0. The number of hydrazine groups is 1. The number of ether oxygens (including phenoxy) is 2. The van der Waals surface area contributed by atoms with Gasteiger partial charge >= 0.3 is 12.2 Å². The van der Waals surface area contributed by atoms with Crippen LogP contribution in [0.5, 0.6) is 0 Å². The van der Waals surface area contributed by atoms with Crippen molar-refractivity contribution < 1.29 is 33.8 Å². The second-order valence-electron chi connectivity index (χ2n) is 10.0. The molecule has 6 N–H and O–H groups in total. The van der Waals surface area contributed by atoms with Gasteiger partial charge in [0.25, 0.3) is 5.91 Å². The Morgan fingerprint density at radius 1 is 0.977 bits per heavy atom. The number of aryl methyl sites for hydroxylation is 1. The van der Waals surface area contributed by atoms with Crippen LogP contribution in [-0.2, 0) is 25.5 Å². The molecule has 43 heavy (non-hydrogen) atoms. The lowest BCUT2D eigenvalue weighted by atomic mass is 9.84. The van der Waals surface area contributed by atoms with Crippen molar-refractivity contribution in [1.82, 2.24) is 15.6 Å². The number of carboxylic acid groups (broad SMARTS) is 1. The molecule has 0 bridgehead atoms. The van der Waals surface area contributed by atoms with E-state index < -0.39 is 48.1 Å². The summed E-state index contributed by atoms with van der Waals surface area (Å²) < 4.78 is 10.7. The molecule has 3 aromatic carbocycles. The fourth-order valence-corrected chi connectivity index (χ4v) is 5.19. The van der Waals surface area contributed by atoms with Crippen molar-refractivity contribution in [3.05, 3.63) is 102 Å². The number of alkyl carbamates (subject to hydrolysis) is 1. The minimum Gasteiger partial charge on any atom is -0.465 e. The Hall–Kier alpha value is -4.94. The minimum atomic E-state index is -1.25. The monoisotopic (exact) mass is 589 g/mol. The smallest absolute Gasteiger partial charge is 0.408 e. The molecule has 1 aliphatic rings. The average molecular weight is 590 g/mol. The standard InChI is InChI=1S/C31H35N5O7/c1-42-30(39)34-27(26(21-11-4-2-5-12-21)22-13-6-3-7-14-22)29(38)33-24-15-9-8-10-20(24)16-17-23-18-36(31(40)41)25(19-43-23)28(37)35-32/h2-15,23,25-27H,16-19,32H2,1H3,(H,33,38)(H,34,39)(H,35,37)(H,40,41)/t23-,25+,27+/m1/s1. The van der Waals surface area contributed by atoms with Crippen LogP contribution < -0.4 is 21.9 Å². The van der Waals surface area contributed by atoms with Gasteiger partial charge in [-0.1, -0.05) is 78.9 Å². The fourth-order valence-electron chi connectivity index (χ4n) is 5.19. The Balaban J connectivity index is 1.54. The molecule has 0 radical (unpaired) electrons. The molecule has 3 atom stereocenters. The second kappa shape index (κ2) is 14.8. The van der Waals surface area contributed by atoms with Crippen molar-refractivity contribution in [2.24, 2.45) is 5.84 Å². The summed E-state index contributed by atoms with van der Waals surface area (Å²) in [7, 11) is 1.24. The third-order valence-electron chi connectivity index (χ3n) is 7.36. The first kappa shape index (κ1) is 31.0. The van der Waals surface area contributed by atoms with Crippen LogP contribution in [-0.4, -0.2) is 72.5 Å². The molecule has 1 fully saturated rings. The summed E-state index contributed by atoms with van der Waals surface area (Å²) >= 11 is 0. The number of nitrogens with zero attached hydrogens (tertiary/aromatic N) is 1. The van der Waals surface area contributed by atoms with Gasteiger partial charge < -0.3 is 25.2 Å². The zero-order valence-electron chi connectivity index (χ0n) is 23.6. The predicted octanol–water partition coefficient (Wildman–Crippen LogP) is 2.85. The van der Waals surface area contributed by atoms with Gasteiger partial charge in [0.2, 0.25) is 5.91 Å². The summed E-state index contributed by atoms with van der Waals surface area (Å²) in [4.78, 5) is 51.1. The molecule has 0 saturated carbocycles. The Bertz CT molecular complexity index is 1370. The Labute approximate surface area is 249 Å². The van der Waals surface area contributed by atoms with E-state index in [1.54, 1.807) is 12.1 Å². The van der Waals surface area contributed by atoms with Crippen LogP contribution in [0.25, 0.3) is 0 Å². The molecule has 1 aliphatic heterocycles. The van der Waals surface area contributed by atoms with Crippen molar-refractivity contribution in [2.75, 3.05) is 25.6 Å². The van der Waals surface area contributed by atoms with Gasteiger partial charge in [-0.05, 0) is 35.6 Å². The Morgan fingerprint density at radius 2 is 1.58 bits per heavy atom. The molecule has 4 rings (SSSR count). The molecule has 1 heterocycles. The number of carbonyl (C=O) groups excluding carboxylic acids is 3. The number of benzene rings is 3. The first-order valence-electron chi connectivity index (χ1n) is 13.8. The summed E-state index contributed by atoms with van der Waals surface area (Å²) in [6.07, 6.45) is -1.60. The third-order valence-corrected chi connectivity index (χ3v) is 7.36. The van der Waals surface area contributed by atoms with Crippen LogP contribution in [0, 0.1) is 0 Å². The average Bonchev–Trinajstić information content (AvgIpc) is 3.04. The number of amides is 4. The molecule has 3 aromatic rings. The summed E-state index contributed by atoms with van der Waals surface area (Å²) in [5, 5.41) is 15.3. The maximum absolute atomic E-state index is 13.9. The number of anilines is 1. The quantitative estimate of drug-likeness (QED) is 0.136. The zero-order chi connectivity index (χ0) is 30.8. The number of hydrogen-bond donors (Lipinski definition) is 5. The van der Waals surface area contributed by atoms with Gasteiger partial charge in [-0.2, -0.15) is 0 Å². The largest absolute Gasteiger partial charge is 0.465 e. The van der Waals surface area contributed by atoms with E-state index in [1.165, 1.54) is 7.11 Å². The lowest BCUT2D eigenvalue weighted by Gasteiger charge is -2.36. The van der Waals surface area contributed by atoms with Crippen LogP contribution in [0.2, 0.25) is 0 Å². The van der Waals surface area contributed by atoms with Crippen molar-refractivity contribution >= 4 is 29.7 Å². The van der Waals surface area contributed by atoms with Gasteiger partial charge in [0.05, 0.1) is 26.4 Å². The highest BCUT2D eigenvalue weighted by atomic mass is 16.5. The van der Waals surface area contributed by atoms with Gasteiger partial charge in [0, 0.05) is 11.6 Å². The number of nitrogens with two attached hydrogens (primary N) is 1. The number of para-hydroxylation sites is 1. The molecule has 0 aliphatic carbocycles. The fraction of sp³-hybridized carbons (Fsp3) is 0.290. The molecular formula is C31H35N5O7. The Morgan fingerprint density at radius 3 is 2.16 bits per heavy atom. The Kier molecular flexibility index (Phi) is 10.7. The number of rotatable bonds is 10. The number of morpholine rings is 1. The highest BCUT2D eigenvalue weighted by Crippen LogP contribution is 2.30. The number of nitrogens with one attached hydrogen (secondary N) is 3. The predicted molar refractivity (Wildman–Crippen MR) is 158 cm³/mol. The lowest BCUT2D eigenvalue weighted by Crippen LogP contribution is -2.59. The van der Waals surface area contributed by atoms with Crippen LogP contribution >= 0.6 is 0 Å². The van der Waals surface area contributed by atoms with Gasteiger partial charge in [0.1, 0.15) is 12.1 Å². The number of carbonyl (C=O) groups is 4. The summed E-state index contributed by atoms with van der Waals surface area (Å²) in [6, 6.07) is 24.0. The van der Waals surface area contributed by atoms with E-state index in [2.05, 4.69) is 10.6 Å². The molecule has 1 saturated heterocycles. The summed E-state index contributed by atoms with van der Waals surface area (Å²) in [6.45, 7) is -0.136. The summed E-state index contributed by atoms with van der Waals surface area (Å²) in [5.41, 5.74) is 4.96. The SMILES string of the molecule is COC(=O)N[C@H](C(=O)Nc1ccccc1CC[C@@H]1CN(C(=O)O)[C@H](C(=O)NN)CO1)C(c1ccccc1)c1ccccc1. The molecule has 12 heteroatoms. The highest BCUT2D eigenvalue weighted by molar-refractivity contribution is 5.98. The molecule has 226 valence electrons. The van der Waals surface area contributed by atoms with Gasteiger partial charge in [-0.3, -0.25) is 19.9 Å². The first-order chi connectivity index (χ1) is 20.8. The van der Waals surface area contributed by atoms with Crippen molar-refractivity contribution in [2.45, 2.75) is 36.9 Å². The zero-order valence-corrected chi connectivity index (χ0v) is 23.6. The van der Waals surface area contributed by atoms with E-state index >= 15 is 0 Å². The van der Waals surface area contributed by atoms with E-state index in [0.29, 0.717) is 18.5 Å². The van der Waals surface area contributed by atoms with Gasteiger partial charge in [-0.25, -0.2) is 15.4 Å². The first-order valence-corrected chi connectivity index (χ1v) is 13.8. The lowest BCUT2D eigenvalue weighted by molar-refractivity contribution is -0.135. The summed E-state index contributed by atoms with van der Waals surface area (Å²) in [5.74, 6) is 3.58.